The van der Waals surface area contributed by atoms with E-state index < -0.39 is 12.0 Å². The molecule has 0 spiro atoms. The number of carbonyl (C=O) groups excluding carboxylic acids is 2. The second kappa shape index (κ2) is 10.1. The number of aryl methyl sites for hydroxylation is 2. The monoisotopic (exact) mass is 448 g/mol. The van der Waals surface area contributed by atoms with E-state index in [2.05, 4.69) is 51.6 Å². The van der Waals surface area contributed by atoms with E-state index in [0.29, 0.717) is 17.8 Å². The summed E-state index contributed by atoms with van der Waals surface area (Å²) >= 11 is 0. The summed E-state index contributed by atoms with van der Waals surface area (Å²) in [6.07, 6.45) is 0. The highest BCUT2D eigenvalue weighted by Gasteiger charge is 2.34. The maximum atomic E-state index is 13.0. The quantitative estimate of drug-likeness (QED) is 0.664. The fourth-order valence-corrected chi connectivity index (χ4v) is 4.41. The first kappa shape index (κ1) is 22.9. The van der Waals surface area contributed by atoms with Gasteiger partial charge in [0.05, 0.1) is 18.2 Å². The van der Waals surface area contributed by atoms with Crippen molar-refractivity contribution < 1.29 is 14.3 Å². The van der Waals surface area contributed by atoms with Crippen LogP contribution in [0.15, 0.2) is 59.8 Å². The molecule has 1 saturated heterocycles. The molecule has 0 aliphatic carbocycles. The van der Waals surface area contributed by atoms with Crippen LogP contribution in [0.3, 0.4) is 0 Å². The number of benzene rings is 2. The number of carbonyl (C=O) groups is 2. The number of piperazine rings is 1. The van der Waals surface area contributed by atoms with Crippen LogP contribution in [0.4, 0.5) is 10.5 Å². The summed E-state index contributed by atoms with van der Waals surface area (Å²) < 4.78 is 5.38. The number of rotatable bonds is 6. The Labute approximate surface area is 195 Å². The number of esters is 1. The molecule has 0 bridgehead atoms. The van der Waals surface area contributed by atoms with E-state index in [1.54, 1.807) is 6.92 Å². The minimum Gasteiger partial charge on any atom is -0.463 e. The van der Waals surface area contributed by atoms with E-state index in [4.69, 9.17) is 4.74 Å². The van der Waals surface area contributed by atoms with Crippen molar-refractivity contribution in [2.45, 2.75) is 26.8 Å². The lowest BCUT2D eigenvalue weighted by molar-refractivity contribution is -0.139. The maximum Gasteiger partial charge on any atom is 0.338 e. The Morgan fingerprint density at radius 3 is 2.42 bits per heavy atom. The first-order chi connectivity index (χ1) is 15.9. The SMILES string of the molecule is CCOC(=O)C1=C(CN2CCN(c3cccc(C)c3)CC2)NC(=O)N[C@H]1c1ccc(C)cc1. The number of nitrogens with zero attached hydrogens (tertiary/aromatic N) is 2. The average molecular weight is 449 g/mol. The molecule has 2 aromatic rings. The number of amides is 2. The van der Waals surface area contributed by atoms with Crippen LogP contribution in [0, 0.1) is 13.8 Å². The second-order valence-electron chi connectivity index (χ2n) is 8.66. The fraction of sp³-hybridized carbons (Fsp3) is 0.385. The zero-order valence-electron chi connectivity index (χ0n) is 19.6. The van der Waals surface area contributed by atoms with Crippen LogP contribution in [0.25, 0.3) is 0 Å². The van der Waals surface area contributed by atoms with Gasteiger partial charge in [0.2, 0.25) is 0 Å². The Kier molecular flexibility index (Phi) is 6.99. The van der Waals surface area contributed by atoms with Crippen molar-refractivity contribution in [3.63, 3.8) is 0 Å². The fourth-order valence-electron chi connectivity index (χ4n) is 4.41. The van der Waals surface area contributed by atoms with Gasteiger partial charge < -0.3 is 20.3 Å². The molecule has 2 aliphatic rings. The molecule has 2 heterocycles. The summed E-state index contributed by atoms with van der Waals surface area (Å²) in [6, 6.07) is 15.6. The molecule has 1 fully saturated rings. The Hall–Kier alpha value is -3.32. The van der Waals surface area contributed by atoms with Gasteiger partial charge in [-0.25, -0.2) is 9.59 Å². The van der Waals surface area contributed by atoms with Crippen molar-refractivity contribution in [2.24, 2.45) is 0 Å². The molecule has 2 N–H and O–H groups in total. The van der Waals surface area contributed by atoms with E-state index in [1.807, 2.05) is 31.2 Å². The number of nitrogens with one attached hydrogen (secondary N) is 2. The van der Waals surface area contributed by atoms with Crippen molar-refractivity contribution in [3.05, 3.63) is 76.5 Å². The highest BCUT2D eigenvalue weighted by molar-refractivity contribution is 5.95. The second-order valence-corrected chi connectivity index (χ2v) is 8.66. The summed E-state index contributed by atoms with van der Waals surface area (Å²) in [6.45, 7) is 10.1. The van der Waals surface area contributed by atoms with E-state index in [0.717, 1.165) is 37.3 Å². The van der Waals surface area contributed by atoms with Gasteiger partial charge in [-0.15, -0.1) is 0 Å². The van der Waals surface area contributed by atoms with Gasteiger partial charge in [0, 0.05) is 44.1 Å². The summed E-state index contributed by atoms with van der Waals surface area (Å²) in [5.74, 6) is -0.399. The molecule has 7 nitrogen and oxygen atoms in total. The van der Waals surface area contributed by atoms with Gasteiger partial charge in [0.15, 0.2) is 0 Å². The number of urea groups is 1. The standard InChI is InChI=1S/C26H32N4O3/c1-4-33-25(31)23-22(27-26(32)28-24(23)20-10-8-18(2)9-11-20)17-29-12-14-30(15-13-29)21-7-5-6-19(3)16-21/h5-11,16,24H,4,12-15,17H2,1-3H3,(H2,27,28,32)/t24-/m0/s1. The molecule has 0 unspecified atom stereocenters. The van der Waals surface area contributed by atoms with Crippen LogP contribution in [-0.4, -0.2) is 56.2 Å². The molecule has 0 saturated carbocycles. The van der Waals surface area contributed by atoms with E-state index in [9.17, 15) is 9.59 Å². The zero-order chi connectivity index (χ0) is 23.4. The molecular formula is C26H32N4O3. The molecule has 2 aromatic carbocycles. The number of ether oxygens (including phenoxy) is 1. The Balaban J connectivity index is 1.55. The maximum absolute atomic E-state index is 13.0. The van der Waals surface area contributed by atoms with Gasteiger partial charge in [-0.2, -0.15) is 0 Å². The van der Waals surface area contributed by atoms with Crippen molar-refractivity contribution in [2.75, 3.05) is 44.2 Å². The molecule has 2 aliphatic heterocycles. The third-order valence-electron chi connectivity index (χ3n) is 6.18. The molecule has 33 heavy (non-hydrogen) atoms. The van der Waals surface area contributed by atoms with Crippen LogP contribution >= 0.6 is 0 Å². The molecule has 0 aromatic heterocycles. The first-order valence-corrected chi connectivity index (χ1v) is 11.5. The van der Waals surface area contributed by atoms with E-state index in [-0.39, 0.29) is 12.6 Å². The molecule has 4 rings (SSSR count). The van der Waals surface area contributed by atoms with Crippen LogP contribution in [0.5, 0.6) is 0 Å². The Morgan fingerprint density at radius 1 is 1.03 bits per heavy atom. The van der Waals surface area contributed by atoms with Crippen molar-refractivity contribution in [1.82, 2.24) is 15.5 Å². The van der Waals surface area contributed by atoms with Crippen LogP contribution in [0.2, 0.25) is 0 Å². The summed E-state index contributed by atoms with van der Waals surface area (Å²) in [7, 11) is 0. The van der Waals surface area contributed by atoms with Crippen molar-refractivity contribution in [3.8, 4) is 0 Å². The molecular weight excluding hydrogens is 416 g/mol. The molecule has 0 radical (unpaired) electrons. The lowest BCUT2D eigenvalue weighted by Crippen LogP contribution is -2.51. The first-order valence-electron chi connectivity index (χ1n) is 11.5. The van der Waals surface area contributed by atoms with Gasteiger partial charge in [-0.05, 0) is 44.0 Å². The van der Waals surface area contributed by atoms with Crippen LogP contribution < -0.4 is 15.5 Å². The summed E-state index contributed by atoms with van der Waals surface area (Å²) in [4.78, 5) is 30.2. The highest BCUT2D eigenvalue weighted by atomic mass is 16.5. The average Bonchev–Trinajstić information content (AvgIpc) is 2.80. The minimum absolute atomic E-state index is 0.277. The van der Waals surface area contributed by atoms with Crippen LogP contribution in [0.1, 0.15) is 29.7 Å². The van der Waals surface area contributed by atoms with Gasteiger partial charge in [-0.3, -0.25) is 4.90 Å². The molecule has 2 amide bonds. The van der Waals surface area contributed by atoms with Gasteiger partial charge >= 0.3 is 12.0 Å². The van der Waals surface area contributed by atoms with Crippen molar-refractivity contribution >= 4 is 17.7 Å². The number of hydrogen-bond acceptors (Lipinski definition) is 5. The van der Waals surface area contributed by atoms with E-state index >= 15 is 0 Å². The molecule has 174 valence electrons. The predicted octanol–water partition coefficient (Wildman–Crippen LogP) is 3.30. The van der Waals surface area contributed by atoms with Crippen molar-refractivity contribution in [1.29, 1.82) is 0 Å². The number of hydrogen-bond donors (Lipinski definition) is 2. The lowest BCUT2D eigenvalue weighted by atomic mass is 9.94. The third kappa shape index (κ3) is 5.37. The lowest BCUT2D eigenvalue weighted by Gasteiger charge is -2.38. The third-order valence-corrected chi connectivity index (χ3v) is 6.18. The normalized spacial score (nSPS) is 19.2. The minimum atomic E-state index is -0.540. The highest BCUT2D eigenvalue weighted by Crippen LogP contribution is 2.29. The molecule has 1 atom stereocenters. The van der Waals surface area contributed by atoms with Gasteiger partial charge in [-0.1, -0.05) is 42.0 Å². The zero-order valence-corrected chi connectivity index (χ0v) is 19.6. The predicted molar refractivity (Wildman–Crippen MR) is 129 cm³/mol. The van der Waals surface area contributed by atoms with Gasteiger partial charge in [0.1, 0.15) is 0 Å². The topological polar surface area (TPSA) is 73.9 Å². The van der Waals surface area contributed by atoms with Gasteiger partial charge in [0.25, 0.3) is 0 Å². The Bertz CT molecular complexity index is 1040. The number of anilines is 1. The smallest absolute Gasteiger partial charge is 0.338 e. The summed E-state index contributed by atoms with van der Waals surface area (Å²) in [5.41, 5.74) is 5.55. The Morgan fingerprint density at radius 2 is 1.76 bits per heavy atom. The van der Waals surface area contributed by atoms with E-state index in [1.165, 1.54) is 11.3 Å². The van der Waals surface area contributed by atoms with Crippen LogP contribution in [-0.2, 0) is 9.53 Å². The largest absolute Gasteiger partial charge is 0.463 e. The summed E-state index contributed by atoms with van der Waals surface area (Å²) in [5, 5.41) is 5.80. The molecule has 7 heteroatoms.